The molecule has 0 aliphatic carbocycles. The second-order valence-electron chi connectivity index (χ2n) is 9.52. The first-order valence-electron chi connectivity index (χ1n) is 12.0. The molecular weight excluding hydrogens is 454 g/mol. The lowest BCUT2D eigenvalue weighted by Gasteiger charge is -2.36. The van der Waals surface area contributed by atoms with Crippen molar-refractivity contribution in [1.29, 1.82) is 0 Å². The minimum absolute atomic E-state index is 0.176. The lowest BCUT2D eigenvalue weighted by Crippen LogP contribution is -2.46. The molecule has 9 heteroatoms. The van der Waals surface area contributed by atoms with Crippen molar-refractivity contribution >= 4 is 23.1 Å². The zero-order valence-electron chi connectivity index (χ0n) is 19.9. The van der Waals surface area contributed by atoms with Crippen LogP contribution in [0.25, 0.3) is 16.9 Å². The molecule has 2 aliphatic rings. The van der Waals surface area contributed by atoms with Crippen LogP contribution in [-0.4, -0.2) is 71.3 Å². The van der Waals surface area contributed by atoms with Crippen LogP contribution in [-0.2, 0) is 4.74 Å². The van der Waals surface area contributed by atoms with Gasteiger partial charge < -0.3 is 24.8 Å². The van der Waals surface area contributed by atoms with Crippen molar-refractivity contribution in [2.75, 3.05) is 38.3 Å². The maximum absolute atomic E-state index is 10.0. The van der Waals surface area contributed by atoms with E-state index in [4.69, 9.17) is 31.2 Å². The van der Waals surface area contributed by atoms with Crippen molar-refractivity contribution in [2.45, 2.75) is 50.8 Å². The van der Waals surface area contributed by atoms with Gasteiger partial charge in [-0.25, -0.2) is 4.98 Å². The van der Waals surface area contributed by atoms with E-state index in [1.165, 1.54) is 0 Å². The van der Waals surface area contributed by atoms with Crippen molar-refractivity contribution in [3.05, 3.63) is 41.0 Å². The number of aliphatic hydroxyl groups is 1. The Hall–Kier alpha value is -2.39. The number of halogens is 1. The molecule has 0 amide bonds. The number of nitrogens with zero attached hydrogens (tertiary/aromatic N) is 4. The number of rotatable bonds is 8. The molecule has 182 valence electrons. The molecule has 0 saturated carbocycles. The lowest BCUT2D eigenvalue weighted by molar-refractivity contribution is 0.0900. The molecule has 0 radical (unpaired) electrons. The average Bonchev–Trinajstić information content (AvgIpc) is 3.34. The fourth-order valence-electron chi connectivity index (χ4n) is 4.99. The minimum atomic E-state index is -0.606. The molecule has 3 aromatic rings. The third kappa shape index (κ3) is 4.47. The first-order valence-corrected chi connectivity index (χ1v) is 12.3. The van der Waals surface area contributed by atoms with Crippen LogP contribution in [0.4, 0.5) is 5.82 Å². The highest BCUT2D eigenvalue weighted by atomic mass is 35.5. The van der Waals surface area contributed by atoms with Gasteiger partial charge in [0, 0.05) is 28.8 Å². The van der Waals surface area contributed by atoms with Crippen LogP contribution in [0, 0.1) is 0 Å². The number of hydrogen-bond donors (Lipinski definition) is 2. The number of hydrogen-bond acceptors (Lipinski definition) is 7. The number of anilines is 1. The maximum atomic E-state index is 10.0. The van der Waals surface area contributed by atoms with Gasteiger partial charge in [-0.05, 0) is 44.0 Å². The van der Waals surface area contributed by atoms with Gasteiger partial charge in [0.2, 0.25) is 0 Å². The van der Waals surface area contributed by atoms with Gasteiger partial charge in [0.15, 0.2) is 5.65 Å². The zero-order valence-corrected chi connectivity index (χ0v) is 20.6. The van der Waals surface area contributed by atoms with Crippen molar-refractivity contribution in [3.63, 3.8) is 0 Å². The summed E-state index contributed by atoms with van der Waals surface area (Å²) in [5, 5.41) is 18.3. The van der Waals surface area contributed by atoms with Crippen LogP contribution in [0.2, 0.25) is 5.02 Å². The number of likely N-dealkylation sites (N-methyl/N-ethyl adjacent to an activating group) is 1. The standard InChI is InChI=1S/C25H32ClN5O3/c1-15(2)22-11-28-31-24(30-18-4-5-19(30)13-33-12-18)9-23(29-25(22)31)16-6-17(26)8-21(7-16)34-14-20(32)10-27-3/h6-9,11,15,18-20,27,32H,4-5,10,12-14H2,1-3H3. The normalized spacial score (nSPS) is 20.9. The summed E-state index contributed by atoms with van der Waals surface area (Å²) in [6.45, 7) is 6.41. The predicted octanol–water partition coefficient (Wildman–Crippen LogP) is 3.50. The van der Waals surface area contributed by atoms with Crippen LogP contribution in [0.15, 0.2) is 30.5 Å². The number of fused-ring (bicyclic) bond motifs is 3. The molecule has 2 aliphatic heterocycles. The molecule has 0 spiro atoms. The minimum Gasteiger partial charge on any atom is -0.491 e. The summed E-state index contributed by atoms with van der Waals surface area (Å²) in [7, 11) is 1.79. The van der Waals surface area contributed by atoms with E-state index in [-0.39, 0.29) is 6.61 Å². The molecule has 8 nitrogen and oxygen atoms in total. The van der Waals surface area contributed by atoms with Crippen molar-refractivity contribution in [2.24, 2.45) is 0 Å². The maximum Gasteiger partial charge on any atom is 0.161 e. The zero-order chi connectivity index (χ0) is 23.8. The summed E-state index contributed by atoms with van der Waals surface area (Å²) in [4.78, 5) is 7.50. The Morgan fingerprint density at radius 2 is 1.97 bits per heavy atom. The van der Waals surface area contributed by atoms with E-state index >= 15 is 0 Å². The summed E-state index contributed by atoms with van der Waals surface area (Å²) in [6, 6.07) is 8.38. The molecule has 2 fully saturated rings. The number of benzene rings is 1. The fourth-order valence-corrected chi connectivity index (χ4v) is 5.21. The van der Waals surface area contributed by atoms with Gasteiger partial charge in [0.05, 0.1) is 37.2 Å². The van der Waals surface area contributed by atoms with E-state index in [9.17, 15) is 5.11 Å². The molecule has 2 aromatic heterocycles. The molecule has 5 rings (SSSR count). The van der Waals surface area contributed by atoms with E-state index in [1.807, 2.05) is 22.8 Å². The largest absolute Gasteiger partial charge is 0.491 e. The number of aromatic nitrogens is 3. The number of ether oxygens (including phenoxy) is 2. The molecular formula is C25H32ClN5O3. The molecule has 2 bridgehead atoms. The molecule has 2 saturated heterocycles. The van der Waals surface area contributed by atoms with Gasteiger partial charge in [-0.3, -0.25) is 0 Å². The third-order valence-corrected chi connectivity index (χ3v) is 6.87. The highest BCUT2D eigenvalue weighted by Crippen LogP contribution is 2.37. The highest BCUT2D eigenvalue weighted by Gasteiger charge is 2.39. The van der Waals surface area contributed by atoms with E-state index < -0.39 is 6.10 Å². The molecule has 4 heterocycles. The van der Waals surface area contributed by atoms with Gasteiger partial charge in [0.25, 0.3) is 0 Å². The summed E-state index contributed by atoms with van der Waals surface area (Å²) in [5.41, 5.74) is 3.66. The molecule has 34 heavy (non-hydrogen) atoms. The Kier molecular flexibility index (Phi) is 6.66. The van der Waals surface area contributed by atoms with Gasteiger partial charge >= 0.3 is 0 Å². The van der Waals surface area contributed by atoms with E-state index in [0.717, 1.165) is 54.3 Å². The van der Waals surface area contributed by atoms with Gasteiger partial charge in [-0.2, -0.15) is 9.61 Å². The van der Waals surface area contributed by atoms with Crippen LogP contribution in [0.3, 0.4) is 0 Å². The summed E-state index contributed by atoms with van der Waals surface area (Å²) in [6.07, 6.45) is 3.56. The SMILES string of the molecule is CNCC(O)COc1cc(Cl)cc(-c2cc(N3C4CCC3COC4)n3ncc(C(C)C)c3n2)c1. The second-order valence-corrected chi connectivity index (χ2v) is 9.95. The highest BCUT2D eigenvalue weighted by molar-refractivity contribution is 6.31. The quantitative estimate of drug-likeness (QED) is 0.505. The molecule has 3 atom stereocenters. The Bertz CT molecular complexity index is 1150. The van der Waals surface area contributed by atoms with Crippen LogP contribution in [0.1, 0.15) is 38.2 Å². The van der Waals surface area contributed by atoms with Crippen molar-refractivity contribution < 1.29 is 14.6 Å². The first kappa shape index (κ1) is 23.4. The van der Waals surface area contributed by atoms with Crippen LogP contribution < -0.4 is 15.0 Å². The van der Waals surface area contributed by atoms with Crippen LogP contribution in [0.5, 0.6) is 5.75 Å². The third-order valence-electron chi connectivity index (χ3n) is 6.66. The Morgan fingerprint density at radius 3 is 2.68 bits per heavy atom. The molecule has 3 unspecified atom stereocenters. The summed E-state index contributed by atoms with van der Waals surface area (Å²) >= 11 is 6.47. The number of aliphatic hydroxyl groups excluding tert-OH is 1. The molecule has 2 N–H and O–H groups in total. The smallest absolute Gasteiger partial charge is 0.161 e. The Labute approximate surface area is 204 Å². The van der Waals surface area contributed by atoms with Gasteiger partial charge in [-0.1, -0.05) is 25.4 Å². The predicted molar refractivity (Wildman–Crippen MR) is 133 cm³/mol. The summed E-state index contributed by atoms with van der Waals surface area (Å²) < 4.78 is 13.6. The van der Waals surface area contributed by atoms with E-state index in [2.05, 4.69) is 30.1 Å². The van der Waals surface area contributed by atoms with Crippen LogP contribution >= 0.6 is 11.6 Å². The van der Waals surface area contributed by atoms with E-state index in [0.29, 0.717) is 35.3 Å². The second kappa shape index (κ2) is 9.70. The number of morpholine rings is 1. The first-order chi connectivity index (χ1) is 16.4. The average molecular weight is 486 g/mol. The fraction of sp³-hybridized carbons (Fsp3) is 0.520. The molecule has 1 aromatic carbocycles. The Morgan fingerprint density at radius 1 is 1.21 bits per heavy atom. The Balaban J connectivity index is 1.58. The summed E-state index contributed by atoms with van der Waals surface area (Å²) in [5.74, 6) is 1.93. The van der Waals surface area contributed by atoms with Gasteiger partial charge in [-0.15, -0.1) is 0 Å². The van der Waals surface area contributed by atoms with Crippen molar-refractivity contribution in [3.8, 4) is 17.0 Å². The van der Waals surface area contributed by atoms with Crippen molar-refractivity contribution in [1.82, 2.24) is 19.9 Å². The number of nitrogens with one attached hydrogen (secondary N) is 1. The monoisotopic (exact) mass is 485 g/mol. The topological polar surface area (TPSA) is 84.1 Å². The van der Waals surface area contributed by atoms with E-state index in [1.54, 1.807) is 13.1 Å². The van der Waals surface area contributed by atoms with Gasteiger partial charge in [0.1, 0.15) is 24.3 Å². The lowest BCUT2D eigenvalue weighted by atomic mass is 10.1.